The maximum absolute atomic E-state index is 12.4. The van der Waals surface area contributed by atoms with Crippen LogP contribution in [0, 0.1) is 0 Å². The first-order valence-electron chi connectivity index (χ1n) is 7.85. The van der Waals surface area contributed by atoms with Crippen LogP contribution in [0.2, 0.25) is 0 Å². The molecule has 0 atom stereocenters. The minimum Gasteiger partial charge on any atom is -0.476 e. The first-order chi connectivity index (χ1) is 11.3. The van der Waals surface area contributed by atoms with Gasteiger partial charge in [-0.05, 0) is 23.0 Å². The molecule has 0 saturated heterocycles. The van der Waals surface area contributed by atoms with Gasteiger partial charge in [0.25, 0.3) is 0 Å². The molecule has 2 N–H and O–H groups in total. The average molecular weight is 330 g/mol. The number of para-hydroxylation sites is 1. The normalized spacial score (nSPS) is 11.1. The van der Waals surface area contributed by atoms with E-state index in [0.29, 0.717) is 0 Å². The van der Waals surface area contributed by atoms with Crippen LogP contribution in [0.4, 0.5) is 5.69 Å². The summed E-state index contributed by atoms with van der Waals surface area (Å²) < 4.78 is 1.21. The smallest absolute Gasteiger partial charge is 0.358 e. The van der Waals surface area contributed by atoms with E-state index in [1.807, 2.05) is 18.2 Å². The van der Waals surface area contributed by atoms with Gasteiger partial charge in [-0.15, -0.1) is 5.10 Å². The summed E-state index contributed by atoms with van der Waals surface area (Å²) in [6, 6.07) is 6.01. The van der Waals surface area contributed by atoms with Crippen molar-refractivity contribution in [3.8, 4) is 0 Å². The van der Waals surface area contributed by atoms with Gasteiger partial charge < -0.3 is 10.4 Å². The lowest BCUT2D eigenvalue weighted by molar-refractivity contribution is -0.116. The number of aromatic nitrogens is 3. The number of aromatic carboxylic acids is 1. The Morgan fingerprint density at radius 1 is 1.17 bits per heavy atom. The van der Waals surface area contributed by atoms with Crippen molar-refractivity contribution in [2.24, 2.45) is 0 Å². The van der Waals surface area contributed by atoms with E-state index in [1.165, 1.54) is 10.9 Å². The van der Waals surface area contributed by atoms with Crippen LogP contribution in [0.3, 0.4) is 0 Å². The van der Waals surface area contributed by atoms with Gasteiger partial charge in [0, 0.05) is 5.69 Å². The molecule has 7 heteroatoms. The fourth-order valence-electron chi connectivity index (χ4n) is 2.50. The molecular formula is C17H22N4O3. The van der Waals surface area contributed by atoms with Gasteiger partial charge in [-0.2, -0.15) is 0 Å². The Bertz CT molecular complexity index is 724. The van der Waals surface area contributed by atoms with E-state index in [0.717, 1.165) is 16.8 Å². The van der Waals surface area contributed by atoms with Gasteiger partial charge in [0.15, 0.2) is 5.69 Å². The van der Waals surface area contributed by atoms with Crippen LogP contribution in [0.5, 0.6) is 0 Å². The van der Waals surface area contributed by atoms with Crippen molar-refractivity contribution in [3.05, 3.63) is 41.2 Å². The van der Waals surface area contributed by atoms with Crippen molar-refractivity contribution in [3.63, 3.8) is 0 Å². The molecule has 1 aromatic carbocycles. The van der Waals surface area contributed by atoms with E-state index < -0.39 is 5.97 Å². The molecule has 0 fully saturated rings. The molecule has 1 heterocycles. The minimum atomic E-state index is -1.17. The monoisotopic (exact) mass is 330 g/mol. The van der Waals surface area contributed by atoms with Crippen LogP contribution in [-0.4, -0.2) is 32.0 Å². The quantitative estimate of drug-likeness (QED) is 0.849. The summed E-state index contributed by atoms with van der Waals surface area (Å²) in [5.74, 6) is -0.909. The molecule has 0 aliphatic rings. The van der Waals surface area contributed by atoms with Crippen LogP contribution in [0.25, 0.3) is 0 Å². The molecule has 0 saturated carbocycles. The van der Waals surface area contributed by atoms with Gasteiger partial charge in [0.1, 0.15) is 6.54 Å². The molecule has 1 amide bonds. The van der Waals surface area contributed by atoms with Crippen LogP contribution in [0.15, 0.2) is 24.4 Å². The Labute approximate surface area is 140 Å². The Kier molecular flexibility index (Phi) is 5.33. The molecule has 7 nitrogen and oxygen atoms in total. The van der Waals surface area contributed by atoms with Gasteiger partial charge >= 0.3 is 5.97 Å². The topological polar surface area (TPSA) is 97.1 Å². The van der Waals surface area contributed by atoms with Crippen molar-refractivity contribution in [2.75, 3.05) is 5.32 Å². The maximum atomic E-state index is 12.4. The fraction of sp³-hybridized carbons (Fsp3) is 0.412. The fourth-order valence-corrected chi connectivity index (χ4v) is 2.50. The molecule has 0 radical (unpaired) electrons. The highest BCUT2D eigenvalue weighted by Gasteiger charge is 2.17. The molecule has 1 aromatic heterocycles. The van der Waals surface area contributed by atoms with Crippen LogP contribution in [-0.2, 0) is 11.3 Å². The lowest BCUT2D eigenvalue weighted by atomic mass is 9.92. The molecule has 128 valence electrons. The third-order valence-corrected chi connectivity index (χ3v) is 3.70. The Morgan fingerprint density at radius 2 is 1.75 bits per heavy atom. The summed E-state index contributed by atoms with van der Waals surface area (Å²) in [6.07, 6.45) is 1.24. The van der Waals surface area contributed by atoms with Crippen LogP contribution >= 0.6 is 0 Å². The van der Waals surface area contributed by atoms with Crippen molar-refractivity contribution in [1.29, 1.82) is 0 Å². The van der Waals surface area contributed by atoms with Crippen molar-refractivity contribution in [1.82, 2.24) is 15.0 Å². The van der Waals surface area contributed by atoms with E-state index >= 15 is 0 Å². The number of benzene rings is 1. The summed E-state index contributed by atoms with van der Waals surface area (Å²) >= 11 is 0. The van der Waals surface area contributed by atoms with Gasteiger partial charge in [-0.25, -0.2) is 9.48 Å². The van der Waals surface area contributed by atoms with E-state index in [4.69, 9.17) is 5.11 Å². The van der Waals surface area contributed by atoms with Crippen LogP contribution in [0.1, 0.15) is 61.1 Å². The summed E-state index contributed by atoms with van der Waals surface area (Å²) in [5, 5.41) is 19.0. The number of rotatable bonds is 6. The van der Waals surface area contributed by atoms with E-state index in [2.05, 4.69) is 43.3 Å². The van der Waals surface area contributed by atoms with E-state index in [-0.39, 0.29) is 30.0 Å². The third kappa shape index (κ3) is 3.98. The SMILES string of the molecule is CC(C)c1cccc(C(C)C)c1NC(=O)Cn1cc(C(=O)O)nn1. The number of carbonyl (C=O) groups excluding carboxylic acids is 1. The lowest BCUT2D eigenvalue weighted by Crippen LogP contribution is -2.21. The Morgan fingerprint density at radius 3 is 2.21 bits per heavy atom. The molecule has 0 unspecified atom stereocenters. The highest BCUT2D eigenvalue weighted by molar-refractivity contribution is 5.92. The number of amides is 1. The summed E-state index contributed by atoms with van der Waals surface area (Å²) in [5.41, 5.74) is 2.78. The molecule has 0 bridgehead atoms. The largest absolute Gasteiger partial charge is 0.476 e. The molecule has 0 spiro atoms. The summed E-state index contributed by atoms with van der Waals surface area (Å²) in [7, 11) is 0. The van der Waals surface area contributed by atoms with Crippen molar-refractivity contribution < 1.29 is 14.7 Å². The minimum absolute atomic E-state index is 0.0930. The zero-order valence-electron chi connectivity index (χ0n) is 14.3. The highest BCUT2D eigenvalue weighted by Crippen LogP contribution is 2.32. The Hall–Kier alpha value is -2.70. The number of anilines is 1. The molecule has 24 heavy (non-hydrogen) atoms. The molecular weight excluding hydrogens is 308 g/mol. The van der Waals surface area contributed by atoms with Gasteiger partial charge in [0.05, 0.1) is 6.20 Å². The molecule has 0 aliphatic heterocycles. The van der Waals surface area contributed by atoms with Crippen molar-refractivity contribution in [2.45, 2.75) is 46.1 Å². The molecule has 2 rings (SSSR count). The second-order valence-corrected chi connectivity index (χ2v) is 6.28. The van der Waals surface area contributed by atoms with Gasteiger partial charge in [-0.3, -0.25) is 4.79 Å². The predicted octanol–water partition coefficient (Wildman–Crippen LogP) is 2.86. The summed E-state index contributed by atoms with van der Waals surface area (Å²) in [4.78, 5) is 23.2. The number of nitrogens with one attached hydrogen (secondary N) is 1. The zero-order chi connectivity index (χ0) is 17.9. The van der Waals surface area contributed by atoms with Gasteiger partial charge in [-0.1, -0.05) is 51.1 Å². The highest BCUT2D eigenvalue weighted by atomic mass is 16.4. The predicted molar refractivity (Wildman–Crippen MR) is 90.2 cm³/mol. The van der Waals surface area contributed by atoms with Gasteiger partial charge in [0.2, 0.25) is 5.91 Å². The van der Waals surface area contributed by atoms with Crippen molar-refractivity contribution >= 4 is 17.6 Å². The van der Waals surface area contributed by atoms with E-state index in [9.17, 15) is 9.59 Å². The second-order valence-electron chi connectivity index (χ2n) is 6.28. The number of hydrogen-bond donors (Lipinski definition) is 2. The third-order valence-electron chi connectivity index (χ3n) is 3.70. The van der Waals surface area contributed by atoms with E-state index in [1.54, 1.807) is 0 Å². The zero-order valence-corrected chi connectivity index (χ0v) is 14.3. The standard InChI is InChI=1S/C17H22N4O3/c1-10(2)12-6-5-7-13(11(3)4)16(12)18-15(22)9-21-8-14(17(23)24)19-20-21/h5-8,10-11H,9H2,1-4H3,(H,18,22)(H,23,24). The number of carboxylic acids is 1. The summed E-state index contributed by atoms with van der Waals surface area (Å²) in [6.45, 7) is 8.21. The molecule has 2 aromatic rings. The number of hydrogen-bond acceptors (Lipinski definition) is 4. The number of nitrogens with zero attached hydrogens (tertiary/aromatic N) is 3. The first kappa shape index (κ1) is 17.7. The van der Waals surface area contributed by atoms with Crippen LogP contribution < -0.4 is 5.32 Å². The lowest BCUT2D eigenvalue weighted by Gasteiger charge is -2.20. The average Bonchev–Trinajstić information content (AvgIpc) is 2.95. The number of carboxylic acid groups (broad SMARTS) is 1. The second kappa shape index (κ2) is 7.25. The molecule has 0 aliphatic carbocycles. The first-order valence-corrected chi connectivity index (χ1v) is 7.85. The maximum Gasteiger partial charge on any atom is 0.358 e. The number of carbonyl (C=O) groups is 2. The Balaban J connectivity index is 2.22.